The SMILES string of the molecule is CCOc1ccc(-c2nc(C3CC(O)CN3C(C)=O)n3c2cnc2[nH]ccc23)cc1C. The number of rotatable bonds is 4. The van der Waals surface area contributed by atoms with Gasteiger partial charge in [0.25, 0.3) is 0 Å². The predicted octanol–water partition coefficient (Wildman–Crippen LogP) is 3.24. The number of aromatic nitrogens is 4. The van der Waals surface area contributed by atoms with Gasteiger partial charge in [0.1, 0.15) is 11.6 Å². The molecule has 1 saturated heterocycles. The monoisotopic (exact) mass is 419 g/mol. The molecule has 8 heteroatoms. The zero-order valence-electron chi connectivity index (χ0n) is 17.8. The zero-order valence-corrected chi connectivity index (χ0v) is 17.8. The molecule has 2 atom stereocenters. The minimum absolute atomic E-state index is 0.0730. The van der Waals surface area contributed by atoms with E-state index in [1.165, 1.54) is 6.92 Å². The summed E-state index contributed by atoms with van der Waals surface area (Å²) < 4.78 is 7.74. The van der Waals surface area contributed by atoms with Crippen molar-refractivity contribution >= 4 is 22.6 Å². The van der Waals surface area contributed by atoms with Crippen LogP contribution in [0.5, 0.6) is 5.75 Å². The number of benzene rings is 1. The Kier molecular flexibility index (Phi) is 4.66. The van der Waals surface area contributed by atoms with E-state index in [2.05, 4.69) is 20.4 Å². The summed E-state index contributed by atoms with van der Waals surface area (Å²) in [5.74, 6) is 1.51. The zero-order chi connectivity index (χ0) is 21.7. The Morgan fingerprint density at radius 3 is 2.90 bits per heavy atom. The largest absolute Gasteiger partial charge is 0.494 e. The van der Waals surface area contributed by atoms with E-state index in [1.54, 1.807) is 11.1 Å². The molecular formula is C23H25N5O3. The molecule has 31 heavy (non-hydrogen) atoms. The molecule has 1 aliphatic rings. The molecule has 1 fully saturated rings. The van der Waals surface area contributed by atoms with Gasteiger partial charge in [0.05, 0.1) is 41.7 Å². The summed E-state index contributed by atoms with van der Waals surface area (Å²) in [6.45, 7) is 6.44. The van der Waals surface area contributed by atoms with E-state index in [9.17, 15) is 9.90 Å². The smallest absolute Gasteiger partial charge is 0.220 e. The Morgan fingerprint density at radius 2 is 2.16 bits per heavy atom. The van der Waals surface area contributed by atoms with E-state index < -0.39 is 6.10 Å². The molecule has 4 aromatic rings. The van der Waals surface area contributed by atoms with Gasteiger partial charge in [-0.15, -0.1) is 0 Å². The first-order chi connectivity index (χ1) is 15.0. The van der Waals surface area contributed by atoms with Crippen molar-refractivity contribution < 1.29 is 14.6 Å². The molecule has 4 heterocycles. The van der Waals surface area contributed by atoms with Crippen molar-refractivity contribution in [2.75, 3.05) is 13.2 Å². The number of aromatic amines is 1. The molecule has 1 amide bonds. The molecule has 0 bridgehead atoms. The summed E-state index contributed by atoms with van der Waals surface area (Å²) in [6.07, 6.45) is 3.53. The van der Waals surface area contributed by atoms with Gasteiger partial charge in [-0.3, -0.25) is 9.20 Å². The van der Waals surface area contributed by atoms with Crippen LogP contribution in [0.15, 0.2) is 36.7 Å². The first-order valence-electron chi connectivity index (χ1n) is 10.5. The van der Waals surface area contributed by atoms with Crippen LogP contribution in [0.2, 0.25) is 0 Å². The summed E-state index contributed by atoms with van der Waals surface area (Å²) in [5.41, 5.74) is 5.26. The van der Waals surface area contributed by atoms with Crippen molar-refractivity contribution in [3.8, 4) is 17.0 Å². The number of likely N-dealkylation sites (tertiary alicyclic amines) is 1. The fourth-order valence-corrected chi connectivity index (χ4v) is 4.54. The number of aryl methyl sites for hydroxylation is 1. The maximum Gasteiger partial charge on any atom is 0.220 e. The topological polar surface area (TPSA) is 95.8 Å². The van der Waals surface area contributed by atoms with Crippen LogP contribution < -0.4 is 4.74 Å². The van der Waals surface area contributed by atoms with E-state index in [-0.39, 0.29) is 11.9 Å². The highest BCUT2D eigenvalue weighted by Crippen LogP contribution is 2.37. The van der Waals surface area contributed by atoms with Crippen molar-refractivity contribution in [1.82, 2.24) is 24.3 Å². The van der Waals surface area contributed by atoms with E-state index >= 15 is 0 Å². The number of ether oxygens (including phenoxy) is 1. The fraction of sp³-hybridized carbons (Fsp3) is 0.348. The van der Waals surface area contributed by atoms with Crippen LogP contribution in [0.3, 0.4) is 0 Å². The lowest BCUT2D eigenvalue weighted by atomic mass is 10.1. The second-order valence-corrected chi connectivity index (χ2v) is 8.00. The maximum absolute atomic E-state index is 12.3. The van der Waals surface area contributed by atoms with Crippen molar-refractivity contribution in [3.63, 3.8) is 0 Å². The summed E-state index contributed by atoms with van der Waals surface area (Å²) in [7, 11) is 0. The van der Waals surface area contributed by atoms with Gasteiger partial charge in [0.15, 0.2) is 5.65 Å². The van der Waals surface area contributed by atoms with Crippen LogP contribution in [0.4, 0.5) is 0 Å². The predicted molar refractivity (Wildman–Crippen MR) is 117 cm³/mol. The van der Waals surface area contributed by atoms with Gasteiger partial charge in [-0.2, -0.15) is 0 Å². The number of aliphatic hydroxyl groups is 1. The average molecular weight is 419 g/mol. The lowest BCUT2D eigenvalue weighted by Crippen LogP contribution is -2.30. The number of aliphatic hydroxyl groups excluding tert-OH is 1. The van der Waals surface area contributed by atoms with E-state index in [1.807, 2.05) is 38.2 Å². The first kappa shape index (κ1) is 19.6. The average Bonchev–Trinajstić information content (AvgIpc) is 3.45. The summed E-state index contributed by atoms with van der Waals surface area (Å²) in [5, 5.41) is 10.3. The number of imidazole rings is 1. The summed E-state index contributed by atoms with van der Waals surface area (Å²) in [6, 6.07) is 7.67. The van der Waals surface area contributed by atoms with Crippen molar-refractivity contribution in [3.05, 3.63) is 48.0 Å². The van der Waals surface area contributed by atoms with Crippen LogP contribution in [-0.2, 0) is 4.79 Å². The molecule has 0 aliphatic carbocycles. The minimum atomic E-state index is -0.569. The molecule has 0 saturated carbocycles. The number of nitrogens with zero attached hydrogens (tertiary/aromatic N) is 4. The van der Waals surface area contributed by atoms with Gasteiger partial charge in [-0.25, -0.2) is 9.97 Å². The molecule has 8 nitrogen and oxygen atoms in total. The normalized spacial score (nSPS) is 18.9. The minimum Gasteiger partial charge on any atom is -0.494 e. The number of nitrogens with one attached hydrogen (secondary N) is 1. The van der Waals surface area contributed by atoms with Crippen molar-refractivity contribution in [2.45, 2.75) is 39.3 Å². The Labute approximate surface area is 179 Å². The molecule has 0 spiro atoms. The van der Waals surface area contributed by atoms with Gasteiger partial charge < -0.3 is 19.7 Å². The Morgan fingerprint density at radius 1 is 1.32 bits per heavy atom. The number of β-amino-alcohol motifs (C(OH)–C–C–N with tert-alkyl or cyclic N) is 1. The van der Waals surface area contributed by atoms with Crippen LogP contribution in [-0.4, -0.2) is 54.5 Å². The third-order valence-corrected chi connectivity index (χ3v) is 5.93. The van der Waals surface area contributed by atoms with Gasteiger partial charge in [-0.05, 0) is 43.7 Å². The number of hydrogen-bond acceptors (Lipinski definition) is 5. The van der Waals surface area contributed by atoms with Crippen LogP contribution in [0, 0.1) is 6.92 Å². The quantitative estimate of drug-likeness (QED) is 0.529. The third-order valence-electron chi connectivity index (χ3n) is 5.93. The Hall–Kier alpha value is -3.39. The highest BCUT2D eigenvalue weighted by atomic mass is 16.5. The standard InChI is InChI=1S/C23H25N5O3/c1-4-31-20-6-5-15(9-13(20)2)21-19-11-25-22-17(7-8-24-22)28(19)23(26-21)18-10-16(30)12-27(18)14(3)29/h5-9,11,16,18,24,30H,4,10,12H2,1-3H3. The molecule has 1 aromatic carbocycles. The lowest BCUT2D eigenvalue weighted by molar-refractivity contribution is -0.130. The van der Waals surface area contributed by atoms with Crippen LogP contribution in [0.25, 0.3) is 27.9 Å². The van der Waals surface area contributed by atoms with E-state index in [0.717, 1.165) is 45.1 Å². The third kappa shape index (κ3) is 3.14. The molecule has 2 unspecified atom stereocenters. The highest BCUT2D eigenvalue weighted by Gasteiger charge is 2.37. The Bertz CT molecular complexity index is 1290. The number of carbonyl (C=O) groups excluding carboxylic acids is 1. The number of hydrogen-bond donors (Lipinski definition) is 2. The molecule has 160 valence electrons. The number of H-pyrrole nitrogens is 1. The molecule has 2 N–H and O–H groups in total. The van der Waals surface area contributed by atoms with Gasteiger partial charge in [-0.1, -0.05) is 0 Å². The van der Waals surface area contributed by atoms with Gasteiger partial charge in [0, 0.05) is 31.6 Å². The van der Waals surface area contributed by atoms with Crippen molar-refractivity contribution in [1.29, 1.82) is 0 Å². The lowest BCUT2D eigenvalue weighted by Gasteiger charge is -2.22. The van der Waals surface area contributed by atoms with E-state index in [4.69, 9.17) is 9.72 Å². The molecule has 5 rings (SSSR count). The molecular weight excluding hydrogens is 394 g/mol. The van der Waals surface area contributed by atoms with Crippen LogP contribution in [0.1, 0.15) is 37.7 Å². The second-order valence-electron chi connectivity index (χ2n) is 8.00. The van der Waals surface area contributed by atoms with Crippen LogP contribution >= 0.6 is 0 Å². The highest BCUT2D eigenvalue weighted by molar-refractivity contribution is 5.85. The first-order valence-corrected chi connectivity index (χ1v) is 10.5. The number of carbonyl (C=O) groups is 1. The van der Waals surface area contributed by atoms with Crippen molar-refractivity contribution in [2.24, 2.45) is 0 Å². The fourth-order valence-electron chi connectivity index (χ4n) is 4.54. The number of amides is 1. The Balaban J connectivity index is 1.74. The summed E-state index contributed by atoms with van der Waals surface area (Å²) in [4.78, 5) is 26.7. The van der Waals surface area contributed by atoms with Gasteiger partial charge >= 0.3 is 0 Å². The number of fused-ring (bicyclic) bond motifs is 3. The summed E-state index contributed by atoms with van der Waals surface area (Å²) >= 11 is 0. The molecule has 0 radical (unpaired) electrons. The van der Waals surface area contributed by atoms with Gasteiger partial charge in [0.2, 0.25) is 5.91 Å². The maximum atomic E-state index is 12.3. The second kappa shape index (κ2) is 7.39. The molecule has 3 aromatic heterocycles. The van der Waals surface area contributed by atoms with E-state index in [0.29, 0.717) is 19.6 Å². The molecule has 1 aliphatic heterocycles.